The van der Waals surface area contributed by atoms with Gasteiger partial charge in [-0.3, -0.25) is 0 Å². The lowest BCUT2D eigenvalue weighted by Crippen LogP contribution is -2.12. The molecule has 134 valence electrons. The van der Waals surface area contributed by atoms with Gasteiger partial charge in [0.2, 0.25) is 5.95 Å². The first-order chi connectivity index (χ1) is 12.3. The van der Waals surface area contributed by atoms with Gasteiger partial charge in [0.1, 0.15) is 11.4 Å². The second kappa shape index (κ2) is 7.33. The predicted molar refractivity (Wildman–Crippen MR) is 98.9 cm³/mol. The number of aryl methyl sites for hydroxylation is 1. The molecule has 2 N–H and O–H groups in total. The molecule has 3 aromatic rings. The molecule has 2 aromatic carbocycles. The van der Waals surface area contributed by atoms with E-state index in [1.165, 1.54) is 0 Å². The molecule has 0 spiro atoms. The molecule has 0 bridgehead atoms. The summed E-state index contributed by atoms with van der Waals surface area (Å²) in [6.07, 6.45) is -3.80. The monoisotopic (exact) mass is 422 g/mol. The van der Waals surface area contributed by atoms with Gasteiger partial charge in [0.15, 0.2) is 0 Å². The fourth-order valence-corrected chi connectivity index (χ4v) is 2.53. The summed E-state index contributed by atoms with van der Waals surface area (Å²) in [6.45, 7) is 1.86. The first-order valence-corrected chi connectivity index (χ1v) is 8.41. The van der Waals surface area contributed by atoms with Crippen molar-refractivity contribution >= 4 is 39.1 Å². The summed E-state index contributed by atoms with van der Waals surface area (Å²) in [6, 6.07) is 14.2. The van der Waals surface area contributed by atoms with Crippen molar-refractivity contribution in [3.63, 3.8) is 0 Å². The molecular weight excluding hydrogens is 409 g/mol. The van der Waals surface area contributed by atoms with Crippen LogP contribution in [-0.2, 0) is 6.18 Å². The molecular formula is C18H14BrF3N4. The van der Waals surface area contributed by atoms with Crippen LogP contribution in [0.25, 0.3) is 0 Å². The average molecular weight is 423 g/mol. The molecule has 8 heteroatoms. The lowest BCUT2D eigenvalue weighted by molar-refractivity contribution is -0.137. The Hall–Kier alpha value is -2.61. The molecule has 0 saturated heterocycles. The Bertz CT molecular complexity index is 911. The van der Waals surface area contributed by atoms with E-state index in [1.807, 2.05) is 13.0 Å². The molecule has 3 rings (SSSR count). The van der Waals surface area contributed by atoms with Crippen molar-refractivity contribution in [1.82, 2.24) is 9.97 Å². The summed E-state index contributed by atoms with van der Waals surface area (Å²) >= 11 is 3.32. The van der Waals surface area contributed by atoms with Crippen LogP contribution in [0.4, 0.5) is 36.3 Å². The molecule has 0 aliphatic heterocycles. The molecule has 0 amide bonds. The third kappa shape index (κ3) is 4.51. The topological polar surface area (TPSA) is 49.8 Å². The van der Waals surface area contributed by atoms with Crippen LogP contribution >= 0.6 is 15.9 Å². The highest BCUT2D eigenvalue weighted by Crippen LogP contribution is 2.35. The summed E-state index contributed by atoms with van der Waals surface area (Å²) < 4.78 is 40.8. The van der Waals surface area contributed by atoms with Crippen LogP contribution in [0.15, 0.2) is 59.2 Å². The van der Waals surface area contributed by atoms with Gasteiger partial charge in [-0.25, -0.2) is 4.98 Å². The minimum absolute atomic E-state index is 0.0653. The maximum absolute atomic E-state index is 13.3. The zero-order valence-electron chi connectivity index (χ0n) is 13.6. The van der Waals surface area contributed by atoms with E-state index in [4.69, 9.17) is 0 Å². The molecule has 0 fully saturated rings. The number of nitrogens with zero attached hydrogens (tertiary/aromatic N) is 2. The number of anilines is 4. The van der Waals surface area contributed by atoms with Gasteiger partial charge in [-0.2, -0.15) is 18.2 Å². The van der Waals surface area contributed by atoms with E-state index in [1.54, 1.807) is 42.5 Å². The van der Waals surface area contributed by atoms with Crippen LogP contribution in [0.2, 0.25) is 0 Å². The van der Waals surface area contributed by atoms with Crippen LogP contribution < -0.4 is 10.6 Å². The standard InChI is InChI=1S/C18H14BrF3N4/c1-11-3-2-4-14(9-11)24-16-15(18(20,21)22)10-23-17(26-16)25-13-7-5-12(19)6-8-13/h2-10H,1H3,(H2,23,24,25,26). The largest absolute Gasteiger partial charge is 0.421 e. The Balaban J connectivity index is 1.94. The highest BCUT2D eigenvalue weighted by molar-refractivity contribution is 9.10. The van der Waals surface area contributed by atoms with E-state index in [9.17, 15) is 13.2 Å². The van der Waals surface area contributed by atoms with E-state index in [0.717, 1.165) is 16.2 Å². The number of hydrogen-bond acceptors (Lipinski definition) is 4. The molecule has 0 aliphatic carbocycles. The smallest absolute Gasteiger partial charge is 0.340 e. The molecule has 1 aromatic heterocycles. The molecule has 1 heterocycles. The Kier molecular flexibility index (Phi) is 5.13. The quantitative estimate of drug-likeness (QED) is 0.536. The van der Waals surface area contributed by atoms with Crippen LogP contribution in [0.3, 0.4) is 0 Å². The Labute approximate surface area is 156 Å². The molecule has 0 radical (unpaired) electrons. The van der Waals surface area contributed by atoms with Crippen LogP contribution in [0.1, 0.15) is 11.1 Å². The molecule has 0 atom stereocenters. The van der Waals surface area contributed by atoms with E-state index >= 15 is 0 Å². The number of nitrogens with one attached hydrogen (secondary N) is 2. The zero-order chi connectivity index (χ0) is 18.7. The maximum atomic E-state index is 13.3. The minimum atomic E-state index is -4.57. The van der Waals surface area contributed by atoms with Crippen LogP contribution in [0, 0.1) is 6.92 Å². The van der Waals surface area contributed by atoms with Crippen LogP contribution in [0.5, 0.6) is 0 Å². The summed E-state index contributed by atoms with van der Waals surface area (Å²) in [5.41, 5.74) is 1.17. The number of benzene rings is 2. The van der Waals surface area contributed by atoms with Crippen molar-refractivity contribution in [1.29, 1.82) is 0 Å². The third-order valence-electron chi connectivity index (χ3n) is 3.48. The highest BCUT2D eigenvalue weighted by Gasteiger charge is 2.35. The van der Waals surface area contributed by atoms with Crippen molar-refractivity contribution in [2.24, 2.45) is 0 Å². The lowest BCUT2D eigenvalue weighted by Gasteiger charge is -2.15. The Morgan fingerprint density at radius 2 is 1.69 bits per heavy atom. The van der Waals surface area contributed by atoms with Crippen molar-refractivity contribution in [3.8, 4) is 0 Å². The molecule has 0 aliphatic rings. The van der Waals surface area contributed by atoms with E-state index in [0.29, 0.717) is 11.4 Å². The van der Waals surface area contributed by atoms with E-state index < -0.39 is 11.7 Å². The molecule has 0 saturated carbocycles. The van der Waals surface area contributed by atoms with Gasteiger partial charge in [0.25, 0.3) is 0 Å². The molecule has 26 heavy (non-hydrogen) atoms. The Morgan fingerprint density at radius 3 is 2.35 bits per heavy atom. The number of hydrogen-bond donors (Lipinski definition) is 2. The minimum Gasteiger partial charge on any atom is -0.340 e. The van der Waals surface area contributed by atoms with Crippen molar-refractivity contribution in [2.75, 3.05) is 10.6 Å². The number of aromatic nitrogens is 2. The van der Waals surface area contributed by atoms with Gasteiger partial charge in [-0.15, -0.1) is 0 Å². The first kappa shape index (κ1) is 18.2. The summed E-state index contributed by atoms with van der Waals surface area (Å²) in [5, 5.41) is 5.63. The number of halogens is 4. The fourth-order valence-electron chi connectivity index (χ4n) is 2.27. The van der Waals surface area contributed by atoms with E-state index in [2.05, 4.69) is 36.5 Å². The number of alkyl halides is 3. The first-order valence-electron chi connectivity index (χ1n) is 7.62. The summed E-state index contributed by atoms with van der Waals surface area (Å²) in [7, 11) is 0. The van der Waals surface area contributed by atoms with Gasteiger partial charge >= 0.3 is 6.18 Å². The van der Waals surface area contributed by atoms with Gasteiger partial charge in [0.05, 0.1) is 0 Å². The van der Waals surface area contributed by atoms with Gasteiger partial charge in [-0.05, 0) is 48.9 Å². The SMILES string of the molecule is Cc1cccc(Nc2nc(Nc3ccc(Br)cc3)ncc2C(F)(F)F)c1. The molecule has 4 nitrogen and oxygen atoms in total. The number of rotatable bonds is 4. The third-order valence-corrected chi connectivity index (χ3v) is 4.00. The maximum Gasteiger partial charge on any atom is 0.421 e. The van der Waals surface area contributed by atoms with Gasteiger partial charge in [0, 0.05) is 22.0 Å². The van der Waals surface area contributed by atoms with Crippen molar-refractivity contribution < 1.29 is 13.2 Å². The molecule has 0 unspecified atom stereocenters. The Morgan fingerprint density at radius 1 is 0.962 bits per heavy atom. The van der Waals surface area contributed by atoms with Crippen molar-refractivity contribution in [3.05, 3.63) is 70.3 Å². The fraction of sp³-hybridized carbons (Fsp3) is 0.111. The van der Waals surface area contributed by atoms with Gasteiger partial charge < -0.3 is 10.6 Å². The summed E-state index contributed by atoms with van der Waals surface area (Å²) in [5.74, 6) is -0.242. The zero-order valence-corrected chi connectivity index (χ0v) is 15.2. The van der Waals surface area contributed by atoms with Gasteiger partial charge in [-0.1, -0.05) is 28.1 Å². The normalized spacial score (nSPS) is 11.3. The lowest BCUT2D eigenvalue weighted by atomic mass is 10.2. The van der Waals surface area contributed by atoms with Crippen molar-refractivity contribution in [2.45, 2.75) is 13.1 Å². The average Bonchev–Trinajstić information content (AvgIpc) is 2.56. The highest BCUT2D eigenvalue weighted by atomic mass is 79.9. The van der Waals surface area contributed by atoms with Crippen LogP contribution in [-0.4, -0.2) is 9.97 Å². The predicted octanol–water partition coefficient (Wildman–Crippen LogP) is 6.05. The summed E-state index contributed by atoms with van der Waals surface area (Å²) in [4.78, 5) is 7.81. The second-order valence-electron chi connectivity index (χ2n) is 5.58. The second-order valence-corrected chi connectivity index (χ2v) is 6.50. The van der Waals surface area contributed by atoms with E-state index in [-0.39, 0.29) is 11.8 Å².